The molecule has 1 heterocycles. The van der Waals surface area contributed by atoms with Crippen molar-refractivity contribution in [1.82, 2.24) is 19.7 Å². The first kappa shape index (κ1) is 17.9. The maximum atomic E-state index is 4.82. The molecular weight excluding hydrogens is 286 g/mol. The molecular formula is C18H33N5. The van der Waals surface area contributed by atoms with E-state index in [0.717, 1.165) is 38.2 Å². The van der Waals surface area contributed by atoms with Crippen LogP contribution in [0.25, 0.3) is 0 Å². The third-order valence-electron chi connectivity index (χ3n) is 4.81. The van der Waals surface area contributed by atoms with Gasteiger partial charge in [-0.1, -0.05) is 12.8 Å². The summed E-state index contributed by atoms with van der Waals surface area (Å²) in [6.07, 6.45) is 7.58. The Morgan fingerprint density at radius 1 is 1.35 bits per heavy atom. The number of rotatable bonds is 7. The van der Waals surface area contributed by atoms with E-state index in [4.69, 9.17) is 4.99 Å². The number of hydrogen-bond acceptors (Lipinski definition) is 2. The SMILES string of the molecule is CCNC(=NCCN(C)C1CCCC1)N(C)Cc1cccn1C. The van der Waals surface area contributed by atoms with E-state index < -0.39 is 0 Å². The van der Waals surface area contributed by atoms with Gasteiger partial charge in [0.25, 0.3) is 0 Å². The molecule has 2 rings (SSSR count). The maximum Gasteiger partial charge on any atom is 0.194 e. The summed E-state index contributed by atoms with van der Waals surface area (Å²) in [5.74, 6) is 0.994. The van der Waals surface area contributed by atoms with E-state index in [1.165, 1.54) is 31.4 Å². The molecule has 0 unspecified atom stereocenters. The highest BCUT2D eigenvalue weighted by molar-refractivity contribution is 5.79. The van der Waals surface area contributed by atoms with Gasteiger partial charge in [0.15, 0.2) is 5.96 Å². The molecule has 5 nitrogen and oxygen atoms in total. The number of likely N-dealkylation sites (N-methyl/N-ethyl adjacent to an activating group) is 1. The molecule has 0 aliphatic heterocycles. The van der Waals surface area contributed by atoms with Crippen LogP contribution in [0, 0.1) is 0 Å². The van der Waals surface area contributed by atoms with Crippen LogP contribution in [0.15, 0.2) is 23.3 Å². The third kappa shape index (κ3) is 5.27. The van der Waals surface area contributed by atoms with Gasteiger partial charge in [0.1, 0.15) is 0 Å². The topological polar surface area (TPSA) is 35.8 Å². The lowest BCUT2D eigenvalue weighted by Crippen LogP contribution is -2.39. The molecule has 1 fully saturated rings. The van der Waals surface area contributed by atoms with E-state index in [2.05, 4.69) is 66.1 Å². The summed E-state index contributed by atoms with van der Waals surface area (Å²) in [5, 5.41) is 3.41. The minimum atomic E-state index is 0.772. The number of aromatic nitrogens is 1. The molecule has 130 valence electrons. The van der Waals surface area contributed by atoms with Crippen LogP contribution in [-0.4, -0.2) is 60.1 Å². The Balaban J connectivity index is 1.86. The molecule has 1 aliphatic carbocycles. The van der Waals surface area contributed by atoms with Gasteiger partial charge in [-0.2, -0.15) is 0 Å². The zero-order valence-electron chi connectivity index (χ0n) is 15.3. The molecule has 0 spiro atoms. The molecule has 0 amide bonds. The Bertz CT molecular complexity index is 487. The number of aliphatic imine (C=N–C) groups is 1. The predicted octanol–water partition coefficient (Wildman–Crippen LogP) is 2.30. The van der Waals surface area contributed by atoms with E-state index in [1.807, 2.05) is 0 Å². The summed E-state index contributed by atoms with van der Waals surface area (Å²) in [4.78, 5) is 9.50. The van der Waals surface area contributed by atoms with E-state index in [-0.39, 0.29) is 0 Å². The maximum absolute atomic E-state index is 4.82. The van der Waals surface area contributed by atoms with Crippen molar-refractivity contribution in [2.45, 2.75) is 45.2 Å². The van der Waals surface area contributed by atoms with Crippen molar-refractivity contribution >= 4 is 5.96 Å². The van der Waals surface area contributed by atoms with Gasteiger partial charge in [0.05, 0.1) is 13.1 Å². The van der Waals surface area contributed by atoms with Crippen molar-refractivity contribution in [3.05, 3.63) is 24.0 Å². The second-order valence-corrected chi connectivity index (χ2v) is 6.62. The average Bonchev–Trinajstić information content (AvgIpc) is 3.19. The Hall–Kier alpha value is -1.49. The first-order chi connectivity index (χ1) is 11.1. The molecule has 23 heavy (non-hydrogen) atoms. The van der Waals surface area contributed by atoms with Crippen LogP contribution in [0.1, 0.15) is 38.3 Å². The quantitative estimate of drug-likeness (QED) is 0.619. The summed E-state index contributed by atoms with van der Waals surface area (Å²) in [7, 11) is 6.44. The molecule has 1 N–H and O–H groups in total. The largest absolute Gasteiger partial charge is 0.357 e. The van der Waals surface area contributed by atoms with E-state index in [0.29, 0.717) is 0 Å². The highest BCUT2D eigenvalue weighted by Gasteiger charge is 2.18. The van der Waals surface area contributed by atoms with Gasteiger partial charge in [-0.3, -0.25) is 4.99 Å². The van der Waals surface area contributed by atoms with E-state index >= 15 is 0 Å². The van der Waals surface area contributed by atoms with Crippen LogP contribution in [0.3, 0.4) is 0 Å². The van der Waals surface area contributed by atoms with Crippen LogP contribution in [0.2, 0.25) is 0 Å². The van der Waals surface area contributed by atoms with Crippen LogP contribution >= 0.6 is 0 Å². The van der Waals surface area contributed by atoms with Crippen molar-refractivity contribution in [2.75, 3.05) is 33.7 Å². The predicted molar refractivity (Wildman–Crippen MR) is 97.7 cm³/mol. The monoisotopic (exact) mass is 319 g/mol. The van der Waals surface area contributed by atoms with Gasteiger partial charge < -0.3 is 19.7 Å². The van der Waals surface area contributed by atoms with Crippen molar-refractivity contribution < 1.29 is 0 Å². The summed E-state index contributed by atoms with van der Waals surface area (Å²) < 4.78 is 2.16. The average molecular weight is 319 g/mol. The van der Waals surface area contributed by atoms with Gasteiger partial charge >= 0.3 is 0 Å². The lowest BCUT2D eigenvalue weighted by atomic mass is 10.2. The molecule has 1 aliphatic rings. The van der Waals surface area contributed by atoms with Crippen LogP contribution < -0.4 is 5.32 Å². The van der Waals surface area contributed by atoms with Gasteiger partial charge in [0, 0.05) is 45.1 Å². The van der Waals surface area contributed by atoms with E-state index in [1.54, 1.807) is 0 Å². The normalized spacial score (nSPS) is 16.3. The third-order valence-corrected chi connectivity index (χ3v) is 4.81. The van der Waals surface area contributed by atoms with Gasteiger partial charge in [0.2, 0.25) is 0 Å². The summed E-state index contributed by atoms with van der Waals surface area (Å²) in [6, 6.07) is 5.02. The second kappa shape index (κ2) is 8.96. The Morgan fingerprint density at radius 3 is 2.70 bits per heavy atom. The highest BCUT2D eigenvalue weighted by Crippen LogP contribution is 2.21. The first-order valence-corrected chi connectivity index (χ1v) is 8.91. The molecule has 0 bridgehead atoms. The minimum absolute atomic E-state index is 0.772. The molecule has 1 saturated carbocycles. The van der Waals surface area contributed by atoms with Crippen molar-refractivity contribution in [1.29, 1.82) is 0 Å². The van der Waals surface area contributed by atoms with Crippen molar-refractivity contribution in [3.8, 4) is 0 Å². The van der Waals surface area contributed by atoms with Crippen LogP contribution in [0.4, 0.5) is 0 Å². The molecule has 0 saturated heterocycles. The molecule has 0 radical (unpaired) electrons. The summed E-state index contributed by atoms with van der Waals surface area (Å²) in [5.41, 5.74) is 1.29. The van der Waals surface area contributed by atoms with Crippen LogP contribution in [-0.2, 0) is 13.6 Å². The molecule has 1 aromatic rings. The van der Waals surface area contributed by atoms with Crippen molar-refractivity contribution in [2.24, 2.45) is 12.0 Å². The number of aryl methyl sites for hydroxylation is 1. The molecule has 0 aromatic carbocycles. The van der Waals surface area contributed by atoms with E-state index in [9.17, 15) is 0 Å². The fraction of sp³-hybridized carbons (Fsp3) is 0.722. The van der Waals surface area contributed by atoms with Crippen LogP contribution in [0.5, 0.6) is 0 Å². The molecule has 0 atom stereocenters. The minimum Gasteiger partial charge on any atom is -0.357 e. The first-order valence-electron chi connectivity index (χ1n) is 8.91. The lowest BCUT2D eigenvalue weighted by molar-refractivity contribution is 0.252. The number of nitrogens with zero attached hydrogens (tertiary/aromatic N) is 4. The number of guanidine groups is 1. The Morgan fingerprint density at radius 2 is 2.09 bits per heavy atom. The standard InChI is InChI=1S/C18H33N5/c1-5-19-18(23(4)15-17-11-8-13-21(17)2)20-12-14-22(3)16-9-6-7-10-16/h8,11,13,16H,5-7,9-10,12,14-15H2,1-4H3,(H,19,20). The smallest absolute Gasteiger partial charge is 0.194 e. The highest BCUT2D eigenvalue weighted by atomic mass is 15.3. The lowest BCUT2D eigenvalue weighted by Gasteiger charge is -2.25. The summed E-state index contributed by atoms with van der Waals surface area (Å²) in [6.45, 7) is 5.78. The molecule has 5 heteroatoms. The fourth-order valence-electron chi connectivity index (χ4n) is 3.29. The zero-order chi connectivity index (χ0) is 16.7. The second-order valence-electron chi connectivity index (χ2n) is 6.62. The van der Waals surface area contributed by atoms with Gasteiger partial charge in [-0.15, -0.1) is 0 Å². The van der Waals surface area contributed by atoms with Gasteiger partial charge in [-0.05, 0) is 38.9 Å². The number of nitrogens with one attached hydrogen (secondary N) is 1. The zero-order valence-corrected chi connectivity index (χ0v) is 15.3. The number of hydrogen-bond donors (Lipinski definition) is 1. The van der Waals surface area contributed by atoms with Gasteiger partial charge in [-0.25, -0.2) is 0 Å². The molecule has 1 aromatic heterocycles. The fourth-order valence-corrected chi connectivity index (χ4v) is 3.29. The van der Waals surface area contributed by atoms with Crippen molar-refractivity contribution in [3.63, 3.8) is 0 Å². The Kier molecular flexibility index (Phi) is 6.96. The summed E-state index contributed by atoms with van der Waals surface area (Å²) >= 11 is 0. The Labute approximate surface area is 141 Å².